The molecule has 0 saturated heterocycles. The number of aryl methyl sites for hydroxylation is 4. The Labute approximate surface area is 462 Å². The first-order valence-corrected chi connectivity index (χ1v) is 27.0. The molecule has 0 atom stereocenters. The maximum absolute atomic E-state index is 5.14. The SMILES string of the molecule is Cc1ccc(N(c2ccccc2)c2ccc3c(c2)c2cc(N(c4ccccc4)c4ccc(C)cc4)ccc2n3-c2ccc(-c3ccc(-c4ccc(-c5cc(-c6ccccc6C)nc(-c6ccccc6C)n5)cc4)cc3)cc2)cc1. The van der Waals surface area contributed by atoms with Crippen molar-refractivity contribution in [3.05, 3.63) is 295 Å². The number of fused-ring (bicyclic) bond motifs is 3. The molecule has 13 rings (SSSR count). The molecule has 0 unspecified atom stereocenters. The van der Waals surface area contributed by atoms with Crippen LogP contribution >= 0.6 is 0 Å². The lowest BCUT2D eigenvalue weighted by molar-refractivity contribution is 1.17. The molecule has 0 saturated carbocycles. The highest BCUT2D eigenvalue weighted by atomic mass is 15.1. The molecule has 0 fully saturated rings. The predicted octanol–water partition coefficient (Wildman–Crippen LogP) is 20.1. The molecular formula is C74H57N5. The molecule has 5 nitrogen and oxygen atoms in total. The molecule has 2 heterocycles. The van der Waals surface area contributed by atoms with E-state index in [4.69, 9.17) is 9.97 Å². The van der Waals surface area contributed by atoms with Crippen molar-refractivity contribution in [3.63, 3.8) is 0 Å². The first-order valence-electron chi connectivity index (χ1n) is 27.0. The van der Waals surface area contributed by atoms with Crippen LogP contribution < -0.4 is 9.80 Å². The minimum atomic E-state index is 0.731. The Balaban J connectivity index is 0.850. The third-order valence-corrected chi connectivity index (χ3v) is 15.3. The fourth-order valence-electron chi connectivity index (χ4n) is 11.0. The summed E-state index contributed by atoms with van der Waals surface area (Å²) >= 11 is 0. The molecule has 0 amide bonds. The monoisotopic (exact) mass is 1020 g/mol. The van der Waals surface area contributed by atoms with Crippen LogP contribution in [-0.2, 0) is 0 Å². The van der Waals surface area contributed by atoms with Gasteiger partial charge < -0.3 is 14.4 Å². The number of rotatable bonds is 12. The third-order valence-electron chi connectivity index (χ3n) is 15.3. The van der Waals surface area contributed by atoms with Gasteiger partial charge in [-0.2, -0.15) is 0 Å². The molecule has 0 aliphatic carbocycles. The lowest BCUT2D eigenvalue weighted by atomic mass is 9.98. The molecule has 11 aromatic carbocycles. The van der Waals surface area contributed by atoms with Crippen molar-refractivity contribution in [1.29, 1.82) is 0 Å². The molecule has 0 radical (unpaired) electrons. The van der Waals surface area contributed by atoms with E-state index in [2.05, 4.69) is 315 Å². The van der Waals surface area contributed by atoms with Gasteiger partial charge in [-0.15, -0.1) is 0 Å². The van der Waals surface area contributed by atoms with Crippen molar-refractivity contribution in [2.75, 3.05) is 9.80 Å². The first kappa shape index (κ1) is 48.5. The highest BCUT2D eigenvalue weighted by Crippen LogP contribution is 2.43. The second kappa shape index (κ2) is 20.8. The Hall–Kier alpha value is -10.1. The summed E-state index contributed by atoms with van der Waals surface area (Å²) < 4.78 is 2.42. The smallest absolute Gasteiger partial charge is 0.160 e. The summed E-state index contributed by atoms with van der Waals surface area (Å²) in [5.74, 6) is 0.731. The summed E-state index contributed by atoms with van der Waals surface area (Å²) in [6.07, 6.45) is 0. The average Bonchev–Trinajstić information content (AvgIpc) is 4.05. The van der Waals surface area contributed by atoms with Gasteiger partial charge in [0, 0.05) is 67.3 Å². The lowest BCUT2D eigenvalue weighted by Crippen LogP contribution is -2.10. The van der Waals surface area contributed by atoms with Crippen LogP contribution in [0.3, 0.4) is 0 Å². The Morgan fingerprint density at radius 1 is 0.291 bits per heavy atom. The number of benzene rings is 11. The second-order valence-corrected chi connectivity index (χ2v) is 20.5. The van der Waals surface area contributed by atoms with Crippen molar-refractivity contribution < 1.29 is 0 Å². The Kier molecular flexibility index (Phi) is 12.8. The van der Waals surface area contributed by atoms with Gasteiger partial charge in [0.1, 0.15) is 0 Å². The molecule has 5 heteroatoms. The van der Waals surface area contributed by atoms with Crippen molar-refractivity contribution in [2.45, 2.75) is 27.7 Å². The van der Waals surface area contributed by atoms with E-state index in [0.717, 1.165) is 113 Å². The summed E-state index contributed by atoms with van der Waals surface area (Å²) in [6.45, 7) is 8.53. The van der Waals surface area contributed by atoms with Gasteiger partial charge in [0.2, 0.25) is 0 Å². The summed E-state index contributed by atoms with van der Waals surface area (Å²) in [5.41, 5.74) is 24.4. The molecular weight excluding hydrogens is 959 g/mol. The zero-order valence-corrected chi connectivity index (χ0v) is 44.7. The molecule has 2 aromatic heterocycles. The van der Waals surface area contributed by atoms with Crippen molar-refractivity contribution in [1.82, 2.24) is 14.5 Å². The molecule has 0 spiro atoms. The van der Waals surface area contributed by atoms with Crippen LogP contribution in [0.5, 0.6) is 0 Å². The highest BCUT2D eigenvalue weighted by Gasteiger charge is 2.21. The third kappa shape index (κ3) is 9.53. The molecule has 0 aliphatic rings. The van der Waals surface area contributed by atoms with E-state index >= 15 is 0 Å². The maximum Gasteiger partial charge on any atom is 0.160 e. The normalized spacial score (nSPS) is 11.3. The summed E-state index contributed by atoms with van der Waals surface area (Å²) in [7, 11) is 0. The van der Waals surface area contributed by atoms with Crippen LogP contribution in [-0.4, -0.2) is 14.5 Å². The van der Waals surface area contributed by atoms with E-state index in [-0.39, 0.29) is 0 Å². The van der Waals surface area contributed by atoms with E-state index in [9.17, 15) is 0 Å². The summed E-state index contributed by atoms with van der Waals surface area (Å²) in [4.78, 5) is 14.9. The van der Waals surface area contributed by atoms with Crippen LogP contribution in [0.25, 0.3) is 83.6 Å². The Morgan fingerprint density at radius 2 is 0.658 bits per heavy atom. The topological polar surface area (TPSA) is 37.2 Å². The molecule has 0 N–H and O–H groups in total. The van der Waals surface area contributed by atoms with Gasteiger partial charge in [-0.3, -0.25) is 0 Å². The number of nitrogens with zero attached hydrogens (tertiary/aromatic N) is 5. The average molecular weight is 1020 g/mol. The number of para-hydroxylation sites is 2. The van der Waals surface area contributed by atoms with E-state index in [1.54, 1.807) is 0 Å². The van der Waals surface area contributed by atoms with E-state index in [0.29, 0.717) is 0 Å². The largest absolute Gasteiger partial charge is 0.310 e. The van der Waals surface area contributed by atoms with Crippen molar-refractivity contribution in [2.24, 2.45) is 0 Å². The fraction of sp³-hybridized carbons (Fsp3) is 0.0541. The quantitative estimate of drug-likeness (QED) is 0.122. The minimum absolute atomic E-state index is 0.731. The fourth-order valence-corrected chi connectivity index (χ4v) is 11.0. The van der Waals surface area contributed by atoms with Gasteiger partial charge in [0.25, 0.3) is 0 Å². The van der Waals surface area contributed by atoms with Gasteiger partial charge in [0.15, 0.2) is 5.82 Å². The molecule has 79 heavy (non-hydrogen) atoms. The Bertz CT molecular complexity index is 4090. The van der Waals surface area contributed by atoms with Crippen molar-refractivity contribution in [3.8, 4) is 61.8 Å². The predicted molar refractivity (Wildman–Crippen MR) is 332 cm³/mol. The van der Waals surface area contributed by atoms with Gasteiger partial charge in [-0.1, -0.05) is 181 Å². The number of hydrogen-bond acceptors (Lipinski definition) is 4. The molecule has 0 bridgehead atoms. The van der Waals surface area contributed by atoms with Crippen LogP contribution in [0.4, 0.5) is 34.1 Å². The van der Waals surface area contributed by atoms with E-state index in [1.807, 2.05) is 0 Å². The minimum Gasteiger partial charge on any atom is -0.310 e. The summed E-state index contributed by atoms with van der Waals surface area (Å²) in [6, 6.07) is 98.3. The first-order chi connectivity index (χ1) is 38.8. The number of hydrogen-bond donors (Lipinski definition) is 0. The van der Waals surface area contributed by atoms with Gasteiger partial charge in [0.05, 0.1) is 22.4 Å². The maximum atomic E-state index is 5.14. The number of anilines is 6. The highest BCUT2D eigenvalue weighted by molar-refractivity contribution is 6.12. The standard InChI is InChI=1S/C74H57N5/c1-50-23-37-61(38-24-50)77(59-17-7-5-8-18-59)64-43-45-72-68(47-64)69-48-65(78(60-19-9-6-10-20-60)62-39-25-51(2)26-40-62)44-46-73(69)79(72)63-41-35-57(36-42-63)55-29-27-54(28-30-55)56-31-33-58(34-32-56)70-49-71(66-21-13-11-15-52(66)3)76-74(75-70)67-22-14-12-16-53(67)4/h5-49H,1-4H3. The van der Waals surface area contributed by atoms with E-state index < -0.39 is 0 Å². The van der Waals surface area contributed by atoms with Gasteiger partial charge in [-0.05, 0) is 164 Å². The molecule has 13 aromatic rings. The van der Waals surface area contributed by atoms with Gasteiger partial charge >= 0.3 is 0 Å². The van der Waals surface area contributed by atoms with Crippen LogP contribution in [0.2, 0.25) is 0 Å². The Morgan fingerprint density at radius 3 is 1.11 bits per heavy atom. The van der Waals surface area contributed by atoms with Gasteiger partial charge in [-0.25, -0.2) is 9.97 Å². The van der Waals surface area contributed by atoms with Crippen molar-refractivity contribution >= 4 is 55.9 Å². The second-order valence-electron chi connectivity index (χ2n) is 20.5. The number of aromatic nitrogens is 3. The zero-order valence-electron chi connectivity index (χ0n) is 44.7. The summed E-state index contributed by atoms with van der Waals surface area (Å²) in [5, 5.41) is 2.34. The lowest BCUT2D eigenvalue weighted by Gasteiger charge is -2.26. The van der Waals surface area contributed by atoms with Crippen LogP contribution in [0.1, 0.15) is 22.3 Å². The molecule has 0 aliphatic heterocycles. The van der Waals surface area contributed by atoms with Crippen LogP contribution in [0, 0.1) is 27.7 Å². The zero-order chi connectivity index (χ0) is 53.4. The molecule has 378 valence electrons. The van der Waals surface area contributed by atoms with Crippen LogP contribution in [0.15, 0.2) is 273 Å². The van der Waals surface area contributed by atoms with E-state index in [1.165, 1.54) is 27.5 Å².